The van der Waals surface area contributed by atoms with Gasteiger partial charge in [-0.1, -0.05) is 19.9 Å². The second-order valence-electron chi connectivity index (χ2n) is 5.64. The average Bonchev–Trinajstić information content (AvgIpc) is 2.39. The third-order valence-corrected chi connectivity index (χ3v) is 3.95. The lowest BCUT2D eigenvalue weighted by atomic mass is 9.64. The Kier molecular flexibility index (Phi) is 4.32. The minimum Gasteiger partial charge on any atom is -0.491 e. The molecule has 4 nitrogen and oxygen atoms in total. The molecule has 4 heteroatoms. The maximum Gasteiger partial charge on any atom is 0.121 e. The number of rotatable bonds is 6. The minimum absolute atomic E-state index is 0.0765. The van der Waals surface area contributed by atoms with Crippen molar-refractivity contribution in [2.45, 2.75) is 32.4 Å². The number of benzene rings is 1. The Bertz CT molecular complexity index is 420. The number of hydrogen-bond donors (Lipinski definition) is 2. The van der Waals surface area contributed by atoms with Crippen molar-refractivity contribution in [2.24, 2.45) is 5.41 Å². The van der Waals surface area contributed by atoms with Crippen LogP contribution in [0.2, 0.25) is 0 Å². The predicted molar refractivity (Wildman–Crippen MR) is 75.6 cm³/mol. The van der Waals surface area contributed by atoms with Gasteiger partial charge in [0.25, 0.3) is 0 Å². The Morgan fingerprint density at radius 2 is 2.16 bits per heavy atom. The molecule has 2 N–H and O–H groups in total. The number of aliphatic hydroxyl groups excluding tert-OH is 1. The Morgan fingerprint density at radius 1 is 1.37 bits per heavy atom. The summed E-state index contributed by atoms with van der Waals surface area (Å²) in [6, 6.07) is 8.20. The Labute approximate surface area is 114 Å². The lowest BCUT2D eigenvalue weighted by Gasteiger charge is -2.49. The molecule has 106 valence electrons. The van der Waals surface area contributed by atoms with Gasteiger partial charge in [0.05, 0.1) is 12.7 Å². The summed E-state index contributed by atoms with van der Waals surface area (Å²) in [6.45, 7) is 5.29. The zero-order valence-electron chi connectivity index (χ0n) is 11.8. The highest BCUT2D eigenvalue weighted by molar-refractivity contribution is 5.49. The quantitative estimate of drug-likeness (QED) is 0.775. The number of hydrogen-bond acceptors (Lipinski definition) is 4. The van der Waals surface area contributed by atoms with Gasteiger partial charge >= 0.3 is 0 Å². The molecular formula is C15H23NO3. The van der Waals surface area contributed by atoms with Crippen LogP contribution in [0.4, 0.5) is 5.69 Å². The van der Waals surface area contributed by atoms with Crippen molar-refractivity contribution < 1.29 is 14.6 Å². The minimum atomic E-state index is -0.217. The van der Waals surface area contributed by atoms with E-state index in [-0.39, 0.29) is 11.5 Å². The average molecular weight is 265 g/mol. The lowest BCUT2D eigenvalue weighted by molar-refractivity contribution is -0.0510. The SMILES string of the molecule is COCCOc1cccc(NC2CC(O)C2(C)C)c1. The number of methoxy groups -OCH3 is 1. The number of anilines is 1. The summed E-state index contributed by atoms with van der Waals surface area (Å²) in [4.78, 5) is 0. The fourth-order valence-electron chi connectivity index (χ4n) is 2.27. The van der Waals surface area contributed by atoms with Crippen LogP contribution in [0.5, 0.6) is 5.75 Å². The van der Waals surface area contributed by atoms with Crippen molar-refractivity contribution in [3.05, 3.63) is 24.3 Å². The van der Waals surface area contributed by atoms with Gasteiger partial charge in [0.15, 0.2) is 0 Å². The van der Waals surface area contributed by atoms with E-state index in [0.717, 1.165) is 17.9 Å². The molecule has 1 saturated carbocycles. The van der Waals surface area contributed by atoms with E-state index in [9.17, 15) is 5.11 Å². The van der Waals surface area contributed by atoms with E-state index >= 15 is 0 Å². The van der Waals surface area contributed by atoms with Gasteiger partial charge in [-0.25, -0.2) is 0 Å². The molecular weight excluding hydrogens is 242 g/mol. The summed E-state index contributed by atoms with van der Waals surface area (Å²) in [6.07, 6.45) is 0.577. The standard InChI is InChI=1S/C15H23NO3/c1-15(2)13(10-14(15)17)16-11-5-4-6-12(9-11)19-8-7-18-3/h4-6,9,13-14,16-17H,7-8,10H2,1-3H3. The topological polar surface area (TPSA) is 50.7 Å². The molecule has 0 aliphatic heterocycles. The number of aliphatic hydroxyl groups is 1. The van der Waals surface area contributed by atoms with Crippen LogP contribution in [-0.2, 0) is 4.74 Å². The molecule has 2 rings (SSSR count). The van der Waals surface area contributed by atoms with Crippen molar-refractivity contribution in [1.82, 2.24) is 0 Å². The maximum atomic E-state index is 9.74. The molecule has 0 aromatic heterocycles. The van der Waals surface area contributed by atoms with E-state index in [1.165, 1.54) is 0 Å². The van der Waals surface area contributed by atoms with Crippen LogP contribution in [0.15, 0.2) is 24.3 Å². The summed E-state index contributed by atoms with van der Waals surface area (Å²) in [5.74, 6) is 0.833. The number of ether oxygens (including phenoxy) is 2. The molecule has 2 atom stereocenters. The van der Waals surface area contributed by atoms with E-state index in [1.54, 1.807) is 7.11 Å². The van der Waals surface area contributed by atoms with Crippen LogP contribution in [0.3, 0.4) is 0 Å². The predicted octanol–water partition coefficient (Wildman–Crippen LogP) is 2.28. The van der Waals surface area contributed by atoms with Crippen LogP contribution < -0.4 is 10.1 Å². The van der Waals surface area contributed by atoms with Gasteiger partial charge < -0.3 is 19.9 Å². The first kappa shape index (κ1) is 14.2. The van der Waals surface area contributed by atoms with Crippen LogP contribution >= 0.6 is 0 Å². The molecule has 0 saturated heterocycles. The summed E-state index contributed by atoms with van der Waals surface area (Å²) in [5, 5.41) is 13.2. The van der Waals surface area contributed by atoms with Crippen LogP contribution in [-0.4, -0.2) is 37.6 Å². The monoisotopic (exact) mass is 265 g/mol. The summed E-state index contributed by atoms with van der Waals surface area (Å²) in [7, 11) is 1.66. The molecule has 0 heterocycles. The molecule has 0 radical (unpaired) electrons. The zero-order valence-corrected chi connectivity index (χ0v) is 11.8. The fraction of sp³-hybridized carbons (Fsp3) is 0.600. The summed E-state index contributed by atoms with van der Waals surface area (Å²) in [5.41, 5.74) is 0.951. The normalized spacial score (nSPS) is 24.6. The van der Waals surface area contributed by atoms with Crippen molar-refractivity contribution >= 4 is 5.69 Å². The molecule has 0 amide bonds. The van der Waals surface area contributed by atoms with Crippen molar-refractivity contribution in [3.63, 3.8) is 0 Å². The fourth-order valence-corrected chi connectivity index (χ4v) is 2.27. The van der Waals surface area contributed by atoms with Crippen LogP contribution in [0, 0.1) is 5.41 Å². The van der Waals surface area contributed by atoms with Crippen molar-refractivity contribution in [1.29, 1.82) is 0 Å². The van der Waals surface area contributed by atoms with Gasteiger partial charge in [-0.3, -0.25) is 0 Å². The van der Waals surface area contributed by atoms with Gasteiger partial charge in [-0.2, -0.15) is 0 Å². The highest BCUT2D eigenvalue weighted by Gasteiger charge is 2.47. The van der Waals surface area contributed by atoms with E-state index in [4.69, 9.17) is 9.47 Å². The van der Waals surface area contributed by atoms with Gasteiger partial charge in [-0.05, 0) is 18.6 Å². The maximum absolute atomic E-state index is 9.74. The molecule has 0 spiro atoms. The molecule has 19 heavy (non-hydrogen) atoms. The van der Waals surface area contributed by atoms with Gasteiger partial charge in [0, 0.05) is 30.3 Å². The first-order valence-corrected chi connectivity index (χ1v) is 6.70. The molecule has 1 aliphatic rings. The second-order valence-corrected chi connectivity index (χ2v) is 5.64. The van der Waals surface area contributed by atoms with Crippen molar-refractivity contribution in [2.75, 3.05) is 25.6 Å². The Balaban J connectivity index is 1.92. The van der Waals surface area contributed by atoms with Gasteiger partial charge in [-0.15, -0.1) is 0 Å². The number of nitrogens with one attached hydrogen (secondary N) is 1. The van der Waals surface area contributed by atoms with Crippen molar-refractivity contribution in [3.8, 4) is 5.75 Å². The molecule has 2 unspecified atom stereocenters. The Hall–Kier alpha value is -1.26. The smallest absolute Gasteiger partial charge is 0.121 e. The first-order chi connectivity index (χ1) is 9.04. The molecule has 1 fully saturated rings. The van der Waals surface area contributed by atoms with Gasteiger partial charge in [0.2, 0.25) is 0 Å². The van der Waals surface area contributed by atoms with E-state index in [0.29, 0.717) is 19.3 Å². The molecule has 0 bridgehead atoms. The first-order valence-electron chi connectivity index (χ1n) is 6.70. The summed E-state index contributed by atoms with van der Waals surface area (Å²) >= 11 is 0. The largest absolute Gasteiger partial charge is 0.491 e. The van der Waals surface area contributed by atoms with E-state index < -0.39 is 0 Å². The zero-order chi connectivity index (χ0) is 13.9. The third-order valence-electron chi connectivity index (χ3n) is 3.95. The van der Waals surface area contributed by atoms with Gasteiger partial charge in [0.1, 0.15) is 12.4 Å². The lowest BCUT2D eigenvalue weighted by Crippen LogP contribution is -2.56. The highest BCUT2D eigenvalue weighted by Crippen LogP contribution is 2.42. The molecule has 1 aromatic carbocycles. The van der Waals surface area contributed by atoms with E-state index in [2.05, 4.69) is 19.2 Å². The van der Waals surface area contributed by atoms with E-state index in [1.807, 2.05) is 24.3 Å². The molecule has 1 aliphatic carbocycles. The third kappa shape index (κ3) is 3.19. The summed E-state index contributed by atoms with van der Waals surface area (Å²) < 4.78 is 10.5. The second kappa shape index (κ2) is 5.80. The van der Waals surface area contributed by atoms with Crippen LogP contribution in [0.1, 0.15) is 20.3 Å². The Morgan fingerprint density at radius 3 is 2.79 bits per heavy atom. The molecule has 1 aromatic rings. The highest BCUT2D eigenvalue weighted by atomic mass is 16.5. The van der Waals surface area contributed by atoms with Crippen LogP contribution in [0.25, 0.3) is 0 Å².